The van der Waals surface area contributed by atoms with Crippen molar-refractivity contribution in [2.75, 3.05) is 7.11 Å². The standard InChI is InChI=1S/C21H32O5/c1-14(2)8-7-13-21(5)18(25-21)12-10-15(3)9-11-17-19(26-23-6)16(4)20(22)24-17/h8-9,17-18H,7,10-13H2,1-6H3/b15-9+. The molecule has 2 rings (SSSR count). The Morgan fingerprint density at radius 1 is 1.27 bits per heavy atom. The number of cyclic esters (lactones) is 1. The highest BCUT2D eigenvalue weighted by Gasteiger charge is 2.50. The Morgan fingerprint density at radius 3 is 2.65 bits per heavy atom. The van der Waals surface area contributed by atoms with E-state index in [0.717, 1.165) is 25.7 Å². The number of hydrogen-bond donors (Lipinski definition) is 0. The molecule has 0 saturated carbocycles. The lowest BCUT2D eigenvalue weighted by molar-refractivity contribution is -0.246. The predicted octanol–water partition coefficient (Wildman–Crippen LogP) is 4.78. The van der Waals surface area contributed by atoms with Crippen molar-refractivity contribution in [3.05, 3.63) is 34.6 Å². The van der Waals surface area contributed by atoms with Crippen LogP contribution in [0, 0.1) is 0 Å². The highest BCUT2D eigenvalue weighted by Crippen LogP contribution is 2.43. The number of esters is 1. The normalized spacial score (nSPS) is 28.2. The first-order valence-electron chi connectivity index (χ1n) is 9.36. The SMILES string of the molecule is COOC1=C(C)C(=O)OC1C/C=C(\C)CCC1OC1(C)CCC=C(C)C. The lowest BCUT2D eigenvalue weighted by atomic mass is 9.96. The van der Waals surface area contributed by atoms with Crippen molar-refractivity contribution in [2.45, 2.75) is 84.5 Å². The Balaban J connectivity index is 1.76. The topological polar surface area (TPSA) is 57.3 Å². The van der Waals surface area contributed by atoms with E-state index < -0.39 is 6.10 Å². The molecule has 2 heterocycles. The first-order valence-corrected chi connectivity index (χ1v) is 9.36. The fraction of sp³-hybridized carbons (Fsp3) is 0.667. The molecule has 0 aromatic rings. The van der Waals surface area contributed by atoms with Gasteiger partial charge in [-0.1, -0.05) is 23.3 Å². The first-order chi connectivity index (χ1) is 12.3. The Morgan fingerprint density at radius 2 is 2.00 bits per heavy atom. The summed E-state index contributed by atoms with van der Waals surface area (Å²) in [7, 11) is 1.42. The lowest BCUT2D eigenvalue weighted by Crippen LogP contribution is -2.12. The Hall–Kier alpha value is -1.59. The molecule has 0 aromatic carbocycles. The van der Waals surface area contributed by atoms with E-state index in [1.165, 1.54) is 18.3 Å². The number of hydrogen-bond acceptors (Lipinski definition) is 5. The van der Waals surface area contributed by atoms with Crippen LogP contribution in [0.2, 0.25) is 0 Å². The summed E-state index contributed by atoms with van der Waals surface area (Å²) in [5.41, 5.74) is 3.14. The third-order valence-corrected chi connectivity index (χ3v) is 5.10. The zero-order valence-corrected chi connectivity index (χ0v) is 16.9. The smallest absolute Gasteiger partial charge is 0.338 e. The highest BCUT2D eigenvalue weighted by molar-refractivity contribution is 5.91. The molecule has 5 nitrogen and oxygen atoms in total. The minimum Gasteiger partial charge on any atom is -0.450 e. The average molecular weight is 364 g/mol. The summed E-state index contributed by atoms with van der Waals surface area (Å²) in [5, 5.41) is 0. The van der Waals surface area contributed by atoms with Gasteiger partial charge >= 0.3 is 5.97 Å². The van der Waals surface area contributed by atoms with Gasteiger partial charge in [0.15, 0.2) is 11.9 Å². The summed E-state index contributed by atoms with van der Waals surface area (Å²) in [6.07, 6.45) is 9.07. The fourth-order valence-corrected chi connectivity index (χ4v) is 3.27. The van der Waals surface area contributed by atoms with Crippen LogP contribution in [0.15, 0.2) is 34.6 Å². The van der Waals surface area contributed by atoms with E-state index in [0.29, 0.717) is 23.9 Å². The third-order valence-electron chi connectivity index (χ3n) is 5.10. The van der Waals surface area contributed by atoms with Crippen molar-refractivity contribution in [1.29, 1.82) is 0 Å². The minimum absolute atomic E-state index is 0.0343. The molecule has 2 aliphatic heterocycles. The molecule has 1 fully saturated rings. The summed E-state index contributed by atoms with van der Waals surface area (Å²) >= 11 is 0. The summed E-state index contributed by atoms with van der Waals surface area (Å²) in [5.74, 6) is 0.130. The van der Waals surface area contributed by atoms with Crippen molar-refractivity contribution in [3.8, 4) is 0 Å². The van der Waals surface area contributed by atoms with Gasteiger partial charge in [0.05, 0.1) is 24.4 Å². The van der Waals surface area contributed by atoms with Crippen LogP contribution in [0.25, 0.3) is 0 Å². The summed E-state index contributed by atoms with van der Waals surface area (Å²) < 4.78 is 11.3. The Bertz CT molecular complexity index is 612. The molecule has 5 heteroatoms. The largest absolute Gasteiger partial charge is 0.450 e. The molecule has 0 spiro atoms. The molecule has 0 amide bonds. The number of carbonyl (C=O) groups is 1. The third kappa shape index (κ3) is 5.45. The lowest BCUT2D eigenvalue weighted by Gasteiger charge is -2.11. The van der Waals surface area contributed by atoms with E-state index in [9.17, 15) is 4.79 Å². The van der Waals surface area contributed by atoms with Gasteiger partial charge in [-0.3, -0.25) is 0 Å². The van der Waals surface area contributed by atoms with Crippen molar-refractivity contribution < 1.29 is 24.0 Å². The summed E-state index contributed by atoms with van der Waals surface area (Å²) in [6.45, 7) is 10.3. The monoisotopic (exact) mass is 364 g/mol. The predicted molar refractivity (Wildman–Crippen MR) is 100 cm³/mol. The molecule has 0 radical (unpaired) electrons. The molecule has 3 atom stereocenters. The zero-order chi connectivity index (χ0) is 19.3. The molecule has 26 heavy (non-hydrogen) atoms. The number of allylic oxidation sites excluding steroid dienone is 3. The second-order valence-corrected chi connectivity index (χ2v) is 7.70. The molecule has 3 unspecified atom stereocenters. The zero-order valence-electron chi connectivity index (χ0n) is 16.9. The molecule has 0 aromatic heterocycles. The van der Waals surface area contributed by atoms with E-state index >= 15 is 0 Å². The first kappa shape index (κ1) is 20.7. The summed E-state index contributed by atoms with van der Waals surface area (Å²) in [6, 6.07) is 0. The second-order valence-electron chi connectivity index (χ2n) is 7.70. The highest BCUT2D eigenvalue weighted by atomic mass is 17.2. The molecule has 2 aliphatic rings. The van der Waals surface area contributed by atoms with Crippen LogP contribution in [0.3, 0.4) is 0 Å². The van der Waals surface area contributed by atoms with Gasteiger partial charge in [-0.15, -0.1) is 0 Å². The van der Waals surface area contributed by atoms with Crippen LogP contribution in [-0.4, -0.2) is 30.9 Å². The van der Waals surface area contributed by atoms with Crippen molar-refractivity contribution in [2.24, 2.45) is 0 Å². The van der Waals surface area contributed by atoms with Crippen LogP contribution in [0.1, 0.15) is 66.7 Å². The minimum atomic E-state index is -0.399. The summed E-state index contributed by atoms with van der Waals surface area (Å²) in [4.78, 5) is 21.5. The van der Waals surface area contributed by atoms with Gasteiger partial charge in [-0.2, -0.15) is 4.89 Å². The van der Waals surface area contributed by atoms with Crippen molar-refractivity contribution >= 4 is 5.97 Å². The molecular weight excluding hydrogens is 332 g/mol. The quantitative estimate of drug-likeness (QED) is 0.183. The number of rotatable bonds is 10. The van der Waals surface area contributed by atoms with E-state index in [2.05, 4.69) is 39.8 Å². The molecular formula is C21H32O5. The van der Waals surface area contributed by atoms with Gasteiger partial charge in [0.25, 0.3) is 0 Å². The Kier molecular flexibility index (Phi) is 7.07. The number of carbonyl (C=O) groups excluding carboxylic acids is 1. The van der Waals surface area contributed by atoms with E-state index in [-0.39, 0.29) is 11.6 Å². The molecule has 0 bridgehead atoms. The maximum Gasteiger partial charge on any atom is 0.338 e. The van der Waals surface area contributed by atoms with Gasteiger partial charge < -0.3 is 14.4 Å². The van der Waals surface area contributed by atoms with Crippen molar-refractivity contribution in [1.82, 2.24) is 0 Å². The maximum atomic E-state index is 11.7. The van der Waals surface area contributed by atoms with Crippen molar-refractivity contribution in [3.63, 3.8) is 0 Å². The molecule has 0 aliphatic carbocycles. The van der Waals surface area contributed by atoms with Gasteiger partial charge in [0.2, 0.25) is 0 Å². The molecule has 146 valence electrons. The van der Waals surface area contributed by atoms with Gasteiger partial charge in [0, 0.05) is 6.42 Å². The molecule has 1 saturated heterocycles. The van der Waals surface area contributed by atoms with E-state index in [4.69, 9.17) is 19.2 Å². The fourth-order valence-electron chi connectivity index (χ4n) is 3.27. The van der Waals surface area contributed by atoms with E-state index in [1.54, 1.807) is 6.92 Å². The van der Waals surface area contributed by atoms with Crippen LogP contribution in [-0.2, 0) is 24.0 Å². The number of epoxide rings is 1. The van der Waals surface area contributed by atoms with Crippen LogP contribution in [0.4, 0.5) is 0 Å². The maximum absolute atomic E-state index is 11.7. The van der Waals surface area contributed by atoms with E-state index in [1.807, 2.05) is 0 Å². The average Bonchev–Trinajstić information content (AvgIpc) is 3.15. The van der Waals surface area contributed by atoms with Crippen LogP contribution >= 0.6 is 0 Å². The molecule has 0 N–H and O–H groups in total. The Labute approximate surface area is 157 Å². The van der Waals surface area contributed by atoms with Gasteiger partial charge in [-0.25, -0.2) is 4.79 Å². The second kappa shape index (κ2) is 8.87. The van der Waals surface area contributed by atoms with Crippen LogP contribution < -0.4 is 0 Å². The van der Waals surface area contributed by atoms with Crippen LogP contribution in [0.5, 0.6) is 0 Å². The van der Waals surface area contributed by atoms with Gasteiger partial charge in [0.1, 0.15) is 0 Å². The number of ether oxygens (including phenoxy) is 2. The van der Waals surface area contributed by atoms with Gasteiger partial charge in [-0.05, 0) is 60.3 Å².